The Hall–Kier alpha value is -2.05. The molecule has 7 heteroatoms. The smallest absolute Gasteiger partial charge is 0.288 e. The van der Waals surface area contributed by atoms with Gasteiger partial charge in [-0.05, 0) is 42.3 Å². The van der Waals surface area contributed by atoms with Crippen LogP contribution in [0.3, 0.4) is 0 Å². The van der Waals surface area contributed by atoms with Crippen LogP contribution in [0.1, 0.15) is 12.5 Å². The van der Waals surface area contributed by atoms with Crippen LogP contribution in [-0.4, -0.2) is 38.0 Å². The Morgan fingerprint density at radius 2 is 1.62 bits per heavy atom. The fourth-order valence-electron chi connectivity index (χ4n) is 3.83. The van der Waals surface area contributed by atoms with Gasteiger partial charge in [0.25, 0.3) is 0 Å². The summed E-state index contributed by atoms with van der Waals surface area (Å²) in [5.74, 6) is -0.0462. The number of hydrogen-bond donors (Lipinski definition) is 0. The first-order valence-electron chi connectivity index (χ1n) is 8.57. The molecule has 5 nitrogen and oxygen atoms in total. The third kappa shape index (κ3) is 2.87. The topological polar surface area (TPSA) is 57.7 Å². The van der Waals surface area contributed by atoms with Crippen molar-refractivity contribution in [3.05, 3.63) is 59.1 Å². The Bertz CT molecular complexity index is 959. The van der Waals surface area contributed by atoms with E-state index in [1.54, 1.807) is 34.1 Å². The van der Waals surface area contributed by atoms with Crippen LogP contribution in [-0.2, 0) is 16.3 Å². The number of carbonyl (C=O) groups excluding carboxylic acids is 1. The van der Waals surface area contributed by atoms with E-state index < -0.39 is 15.9 Å². The number of anilines is 2. The fourth-order valence-corrected chi connectivity index (χ4v) is 5.93. The number of nitrogens with zero attached hydrogens (tertiary/aromatic N) is 2. The summed E-state index contributed by atoms with van der Waals surface area (Å²) in [5.41, 5.74) is 2.52. The summed E-state index contributed by atoms with van der Waals surface area (Å²) in [6.07, 6.45) is 0.906. The minimum absolute atomic E-state index is 0.0179. The molecule has 2 aromatic carbocycles. The molecule has 0 radical (unpaired) electrons. The zero-order valence-electron chi connectivity index (χ0n) is 14.3. The Kier molecular flexibility index (Phi) is 4.20. The van der Waals surface area contributed by atoms with Crippen molar-refractivity contribution in [3.63, 3.8) is 0 Å². The predicted octanol–water partition coefficient (Wildman–Crippen LogP) is 3.51. The van der Waals surface area contributed by atoms with Gasteiger partial charge in [-0.15, -0.1) is 0 Å². The minimum Gasteiger partial charge on any atom is -0.288 e. The van der Waals surface area contributed by atoms with Crippen molar-refractivity contribution >= 4 is 38.8 Å². The maximum Gasteiger partial charge on any atom is 0.329 e. The first kappa shape index (κ1) is 17.4. The lowest BCUT2D eigenvalue weighted by Gasteiger charge is -2.23. The van der Waals surface area contributed by atoms with E-state index in [1.807, 2.05) is 24.3 Å². The van der Waals surface area contributed by atoms with E-state index in [2.05, 4.69) is 6.92 Å². The first-order valence-corrected chi connectivity index (χ1v) is 10.8. The van der Waals surface area contributed by atoms with E-state index >= 15 is 0 Å². The highest BCUT2D eigenvalue weighted by atomic mass is 35.5. The third-order valence-electron chi connectivity index (χ3n) is 5.08. The SMILES string of the molecule is CCc1ccc(N2C(=O)N(c3cccc(Cl)c3)[C@H]3CS(=O)(=O)C[C@@H]32)cc1. The van der Waals surface area contributed by atoms with Gasteiger partial charge in [0, 0.05) is 16.4 Å². The standard InChI is InChI=1S/C19H19ClN2O3S/c1-2-13-6-8-15(9-7-13)21-17-11-26(24,25)12-18(17)22(19(21)23)16-5-3-4-14(20)10-16/h3-10,17-18H,2,11-12H2,1H3/t17-,18-/m0/s1. The molecule has 0 aromatic heterocycles. The van der Waals surface area contributed by atoms with Crippen LogP contribution in [0.5, 0.6) is 0 Å². The maximum atomic E-state index is 13.2. The summed E-state index contributed by atoms with van der Waals surface area (Å²) in [6.45, 7) is 2.07. The van der Waals surface area contributed by atoms with Gasteiger partial charge in [0.1, 0.15) is 0 Å². The zero-order chi connectivity index (χ0) is 18.5. The molecule has 0 bridgehead atoms. The van der Waals surface area contributed by atoms with Crippen LogP contribution in [0.15, 0.2) is 48.5 Å². The highest BCUT2D eigenvalue weighted by Gasteiger charge is 2.54. The van der Waals surface area contributed by atoms with E-state index in [0.717, 1.165) is 12.1 Å². The van der Waals surface area contributed by atoms with Gasteiger partial charge in [0.15, 0.2) is 9.84 Å². The number of amides is 2. The van der Waals surface area contributed by atoms with Crippen LogP contribution >= 0.6 is 11.6 Å². The van der Waals surface area contributed by atoms with Crippen LogP contribution in [0, 0.1) is 0 Å². The largest absolute Gasteiger partial charge is 0.329 e. The number of hydrogen-bond acceptors (Lipinski definition) is 3. The van der Waals surface area contributed by atoms with Crippen molar-refractivity contribution in [3.8, 4) is 0 Å². The van der Waals surface area contributed by atoms with Gasteiger partial charge >= 0.3 is 6.03 Å². The molecule has 136 valence electrons. The quantitative estimate of drug-likeness (QED) is 0.753. The van der Waals surface area contributed by atoms with Gasteiger partial charge in [-0.25, -0.2) is 13.2 Å². The number of aryl methyl sites for hydroxylation is 1. The molecule has 0 saturated carbocycles. The highest BCUT2D eigenvalue weighted by Crippen LogP contribution is 2.38. The lowest BCUT2D eigenvalue weighted by Crippen LogP contribution is -2.37. The van der Waals surface area contributed by atoms with E-state index in [9.17, 15) is 13.2 Å². The molecular formula is C19H19ClN2O3S. The molecule has 2 atom stereocenters. The molecular weight excluding hydrogens is 372 g/mol. The van der Waals surface area contributed by atoms with E-state index in [1.165, 1.54) is 5.56 Å². The average Bonchev–Trinajstić information content (AvgIpc) is 3.03. The molecule has 0 spiro atoms. The molecule has 0 unspecified atom stereocenters. The van der Waals surface area contributed by atoms with Crippen molar-refractivity contribution in [1.29, 1.82) is 0 Å². The molecule has 2 aromatic rings. The summed E-state index contributed by atoms with van der Waals surface area (Å²) in [7, 11) is -3.20. The normalized spacial score (nSPS) is 24.2. The van der Waals surface area contributed by atoms with Gasteiger partial charge in [-0.2, -0.15) is 0 Å². The molecule has 26 heavy (non-hydrogen) atoms. The molecule has 0 N–H and O–H groups in total. The number of fused-ring (bicyclic) bond motifs is 1. The lowest BCUT2D eigenvalue weighted by atomic mass is 10.1. The molecule has 2 amide bonds. The first-order chi connectivity index (χ1) is 12.4. The van der Waals surface area contributed by atoms with Crippen molar-refractivity contribution < 1.29 is 13.2 Å². The predicted molar refractivity (Wildman–Crippen MR) is 104 cm³/mol. The van der Waals surface area contributed by atoms with Crippen molar-refractivity contribution in [2.75, 3.05) is 21.3 Å². The van der Waals surface area contributed by atoms with Crippen molar-refractivity contribution in [1.82, 2.24) is 0 Å². The van der Waals surface area contributed by atoms with Crippen molar-refractivity contribution in [2.45, 2.75) is 25.4 Å². The minimum atomic E-state index is -3.20. The van der Waals surface area contributed by atoms with Gasteiger partial charge in [-0.3, -0.25) is 9.80 Å². The van der Waals surface area contributed by atoms with Gasteiger partial charge in [0.05, 0.1) is 23.6 Å². The van der Waals surface area contributed by atoms with E-state index in [0.29, 0.717) is 10.7 Å². The number of benzene rings is 2. The second kappa shape index (κ2) is 6.28. The second-order valence-corrected chi connectivity index (χ2v) is 9.32. The van der Waals surface area contributed by atoms with Crippen molar-refractivity contribution in [2.24, 2.45) is 0 Å². The highest BCUT2D eigenvalue weighted by molar-refractivity contribution is 7.91. The molecule has 4 rings (SSSR count). The number of urea groups is 1. The fraction of sp³-hybridized carbons (Fsp3) is 0.316. The number of carbonyl (C=O) groups is 1. The molecule has 2 heterocycles. The summed E-state index contributed by atoms with van der Waals surface area (Å²) >= 11 is 6.09. The third-order valence-corrected chi connectivity index (χ3v) is 7.01. The van der Waals surface area contributed by atoms with Crippen LogP contribution in [0.4, 0.5) is 16.2 Å². The number of rotatable bonds is 3. The summed E-state index contributed by atoms with van der Waals surface area (Å²) in [5, 5.41) is 0.512. The van der Waals surface area contributed by atoms with Crippen LogP contribution in [0.2, 0.25) is 5.02 Å². The maximum absolute atomic E-state index is 13.2. The van der Waals surface area contributed by atoms with Gasteiger partial charge in [-0.1, -0.05) is 36.7 Å². The van der Waals surface area contributed by atoms with E-state index in [4.69, 9.17) is 11.6 Å². The second-order valence-electron chi connectivity index (χ2n) is 6.73. The summed E-state index contributed by atoms with van der Waals surface area (Å²) in [6, 6.07) is 13.7. The van der Waals surface area contributed by atoms with Crippen LogP contribution < -0.4 is 9.80 Å². The lowest BCUT2D eigenvalue weighted by molar-refractivity contribution is 0.255. The molecule has 2 fully saturated rings. The monoisotopic (exact) mass is 390 g/mol. The molecule has 2 aliphatic rings. The summed E-state index contributed by atoms with van der Waals surface area (Å²) < 4.78 is 24.6. The van der Waals surface area contributed by atoms with Gasteiger partial charge < -0.3 is 0 Å². The summed E-state index contributed by atoms with van der Waals surface area (Å²) in [4.78, 5) is 16.4. The Morgan fingerprint density at radius 1 is 1.00 bits per heavy atom. The Morgan fingerprint density at radius 3 is 2.19 bits per heavy atom. The molecule has 0 aliphatic carbocycles. The van der Waals surface area contributed by atoms with Gasteiger partial charge in [0.2, 0.25) is 0 Å². The molecule has 2 saturated heterocycles. The average molecular weight is 391 g/mol. The van der Waals surface area contributed by atoms with E-state index in [-0.39, 0.29) is 23.6 Å². The Balaban J connectivity index is 1.78. The number of halogens is 1. The molecule has 2 aliphatic heterocycles. The Labute approximate surface area is 158 Å². The number of sulfone groups is 1. The zero-order valence-corrected chi connectivity index (χ0v) is 15.9. The van der Waals surface area contributed by atoms with Crippen LogP contribution in [0.25, 0.3) is 0 Å².